The molecule has 1 fully saturated rings. The summed E-state index contributed by atoms with van der Waals surface area (Å²) in [4.78, 5) is 22.9. The first-order chi connectivity index (χ1) is 8.66. The van der Waals surface area contributed by atoms with Gasteiger partial charge in [-0.15, -0.1) is 0 Å². The average molecular weight is 244 g/mol. The van der Waals surface area contributed by atoms with Crippen LogP contribution in [-0.4, -0.2) is 29.3 Å². The van der Waals surface area contributed by atoms with Crippen LogP contribution in [0.15, 0.2) is 35.4 Å². The van der Waals surface area contributed by atoms with E-state index in [-0.39, 0.29) is 5.78 Å². The second kappa shape index (κ2) is 5.58. The van der Waals surface area contributed by atoms with Gasteiger partial charge in [-0.3, -0.25) is 14.6 Å². The predicted octanol–water partition coefficient (Wildman–Crippen LogP) is 1.80. The molecule has 0 atom stereocenters. The molecule has 0 heterocycles. The summed E-state index contributed by atoms with van der Waals surface area (Å²) in [6.45, 7) is 0.631. The monoisotopic (exact) mass is 244 g/mol. The van der Waals surface area contributed by atoms with Gasteiger partial charge in [0.1, 0.15) is 5.71 Å². The zero-order valence-corrected chi connectivity index (χ0v) is 10.4. The molecular weight excluding hydrogens is 228 g/mol. The molecule has 4 nitrogen and oxygen atoms in total. The minimum atomic E-state index is -0.416. The lowest BCUT2D eigenvalue weighted by Gasteiger charge is -2.17. The Kier molecular flexibility index (Phi) is 3.87. The Hall–Kier alpha value is -1.97. The van der Waals surface area contributed by atoms with Gasteiger partial charge in [0.05, 0.1) is 6.54 Å². The van der Waals surface area contributed by atoms with Gasteiger partial charge in [0.2, 0.25) is 11.6 Å². The van der Waals surface area contributed by atoms with Gasteiger partial charge in [-0.2, -0.15) is 5.10 Å². The van der Waals surface area contributed by atoms with Crippen LogP contribution < -0.4 is 0 Å². The van der Waals surface area contributed by atoms with Crippen LogP contribution in [0.25, 0.3) is 0 Å². The number of hydrogen-bond donors (Lipinski definition) is 0. The van der Waals surface area contributed by atoms with Crippen molar-refractivity contribution < 1.29 is 9.59 Å². The Bertz CT molecular complexity index is 480. The molecule has 1 aromatic carbocycles. The lowest BCUT2D eigenvalue weighted by molar-refractivity contribution is -0.133. The van der Waals surface area contributed by atoms with Crippen molar-refractivity contribution in [3.63, 3.8) is 0 Å². The van der Waals surface area contributed by atoms with Crippen molar-refractivity contribution in [3.05, 3.63) is 35.9 Å². The lowest BCUT2D eigenvalue weighted by Crippen LogP contribution is -2.30. The van der Waals surface area contributed by atoms with Gasteiger partial charge in [0, 0.05) is 13.5 Å². The van der Waals surface area contributed by atoms with Gasteiger partial charge in [-0.25, -0.2) is 0 Å². The first-order valence-electron chi connectivity index (χ1n) is 6.07. The molecule has 1 aliphatic rings. The Morgan fingerprint density at radius 1 is 1.17 bits per heavy atom. The number of hydrazone groups is 1. The normalized spacial score (nSPS) is 18.2. The van der Waals surface area contributed by atoms with E-state index >= 15 is 0 Å². The molecule has 0 amide bonds. The van der Waals surface area contributed by atoms with Crippen LogP contribution in [0.5, 0.6) is 0 Å². The van der Waals surface area contributed by atoms with E-state index in [4.69, 9.17) is 0 Å². The zero-order chi connectivity index (χ0) is 13.0. The fraction of sp³-hybridized carbons (Fsp3) is 0.357. The molecule has 0 spiro atoms. The van der Waals surface area contributed by atoms with Crippen molar-refractivity contribution in [1.82, 2.24) is 5.01 Å². The van der Waals surface area contributed by atoms with Gasteiger partial charge in [-0.05, 0) is 18.4 Å². The quantitative estimate of drug-likeness (QED) is 0.601. The number of Topliss-reactive ketones (excluding diaryl/α,β-unsaturated/α-hetero) is 2. The van der Waals surface area contributed by atoms with Gasteiger partial charge in [0.25, 0.3) is 0 Å². The third kappa shape index (κ3) is 3.03. The molecule has 1 aromatic rings. The molecule has 0 radical (unpaired) electrons. The predicted molar refractivity (Wildman–Crippen MR) is 69.2 cm³/mol. The standard InChI is InChI=1S/C14H16N2O2/c1-16(10-11-6-3-2-4-7-11)15-12-8-5-9-13(17)14(12)18/h2-4,6-7H,5,8-10H2,1H3/b15-12-. The van der Waals surface area contributed by atoms with Crippen LogP contribution in [0.3, 0.4) is 0 Å². The van der Waals surface area contributed by atoms with Crippen LogP contribution >= 0.6 is 0 Å². The summed E-state index contributed by atoms with van der Waals surface area (Å²) in [5.41, 5.74) is 1.52. The van der Waals surface area contributed by atoms with Gasteiger partial charge in [0.15, 0.2) is 0 Å². The molecule has 4 heteroatoms. The van der Waals surface area contributed by atoms with Gasteiger partial charge in [-0.1, -0.05) is 30.3 Å². The Morgan fingerprint density at radius 3 is 2.61 bits per heavy atom. The number of nitrogens with zero attached hydrogens (tertiary/aromatic N) is 2. The van der Waals surface area contributed by atoms with Crippen LogP contribution in [-0.2, 0) is 16.1 Å². The van der Waals surface area contributed by atoms with E-state index in [1.165, 1.54) is 0 Å². The van der Waals surface area contributed by atoms with Gasteiger partial charge < -0.3 is 0 Å². The van der Waals surface area contributed by atoms with E-state index in [1.54, 1.807) is 5.01 Å². The fourth-order valence-corrected chi connectivity index (χ4v) is 1.99. The summed E-state index contributed by atoms with van der Waals surface area (Å²) >= 11 is 0. The van der Waals surface area contributed by atoms with Crippen LogP contribution in [0.1, 0.15) is 24.8 Å². The molecule has 2 rings (SSSR count). The van der Waals surface area contributed by atoms with E-state index < -0.39 is 5.78 Å². The van der Waals surface area contributed by atoms with E-state index in [0.717, 1.165) is 12.0 Å². The topological polar surface area (TPSA) is 49.7 Å². The van der Waals surface area contributed by atoms with Crippen LogP contribution in [0, 0.1) is 0 Å². The third-order valence-electron chi connectivity index (χ3n) is 2.88. The van der Waals surface area contributed by atoms with E-state index in [1.807, 2.05) is 37.4 Å². The molecule has 0 unspecified atom stereocenters. The molecule has 0 aliphatic heterocycles. The number of carbonyl (C=O) groups is 2. The second-order valence-corrected chi connectivity index (χ2v) is 4.45. The minimum Gasteiger partial charge on any atom is -0.295 e. The number of ketones is 2. The highest BCUT2D eigenvalue weighted by Gasteiger charge is 2.25. The van der Waals surface area contributed by atoms with Crippen LogP contribution in [0.4, 0.5) is 0 Å². The maximum absolute atomic E-state index is 11.6. The first kappa shape index (κ1) is 12.5. The largest absolute Gasteiger partial charge is 0.295 e. The summed E-state index contributed by atoms with van der Waals surface area (Å²) in [5, 5.41) is 5.95. The van der Waals surface area contributed by atoms with Crippen molar-refractivity contribution in [2.45, 2.75) is 25.8 Å². The Labute approximate surface area is 106 Å². The van der Waals surface area contributed by atoms with Gasteiger partial charge >= 0.3 is 0 Å². The molecule has 0 saturated heterocycles. The molecule has 94 valence electrons. The SMILES string of the molecule is CN(Cc1ccccc1)/N=C1/CCCC(=O)C1=O. The zero-order valence-electron chi connectivity index (χ0n) is 10.4. The number of benzene rings is 1. The summed E-state index contributed by atoms with van der Waals surface area (Å²) in [5.74, 6) is -0.728. The molecule has 18 heavy (non-hydrogen) atoms. The smallest absolute Gasteiger partial charge is 0.244 e. The number of rotatable bonds is 3. The maximum Gasteiger partial charge on any atom is 0.244 e. The minimum absolute atomic E-state index is 0.312. The first-order valence-corrected chi connectivity index (χ1v) is 6.07. The highest BCUT2D eigenvalue weighted by molar-refractivity contribution is 6.66. The lowest BCUT2D eigenvalue weighted by atomic mass is 9.96. The number of hydrogen-bond acceptors (Lipinski definition) is 4. The highest BCUT2D eigenvalue weighted by Crippen LogP contribution is 2.11. The summed E-state index contributed by atoms with van der Waals surface area (Å²) < 4.78 is 0. The molecule has 0 aromatic heterocycles. The summed E-state index contributed by atoms with van der Waals surface area (Å²) in [7, 11) is 1.81. The molecule has 0 N–H and O–H groups in total. The summed E-state index contributed by atoms with van der Waals surface area (Å²) in [6.07, 6.45) is 1.69. The second-order valence-electron chi connectivity index (χ2n) is 4.45. The average Bonchev–Trinajstić information content (AvgIpc) is 2.36. The van der Waals surface area contributed by atoms with Crippen molar-refractivity contribution in [2.75, 3.05) is 7.05 Å². The molecule has 1 aliphatic carbocycles. The molecular formula is C14H16N2O2. The molecule has 1 saturated carbocycles. The molecule has 0 bridgehead atoms. The van der Waals surface area contributed by atoms with E-state index in [0.29, 0.717) is 25.1 Å². The van der Waals surface area contributed by atoms with Crippen molar-refractivity contribution >= 4 is 17.3 Å². The number of carbonyl (C=O) groups excluding carboxylic acids is 2. The van der Waals surface area contributed by atoms with Crippen molar-refractivity contribution in [2.24, 2.45) is 5.10 Å². The Balaban J connectivity index is 2.04. The van der Waals surface area contributed by atoms with E-state index in [9.17, 15) is 9.59 Å². The van der Waals surface area contributed by atoms with Crippen molar-refractivity contribution in [3.8, 4) is 0 Å². The maximum atomic E-state index is 11.6. The van der Waals surface area contributed by atoms with Crippen molar-refractivity contribution in [1.29, 1.82) is 0 Å². The third-order valence-corrected chi connectivity index (χ3v) is 2.88. The summed E-state index contributed by atoms with van der Waals surface area (Å²) in [6, 6.07) is 9.89. The highest BCUT2D eigenvalue weighted by atomic mass is 16.2. The van der Waals surface area contributed by atoms with Crippen LogP contribution in [0.2, 0.25) is 0 Å². The van der Waals surface area contributed by atoms with E-state index in [2.05, 4.69) is 5.10 Å². The fourth-order valence-electron chi connectivity index (χ4n) is 1.99. The Morgan fingerprint density at radius 2 is 1.89 bits per heavy atom.